The quantitative estimate of drug-likeness (QED) is 0.703. The van der Waals surface area contributed by atoms with Gasteiger partial charge in [-0.2, -0.15) is 5.10 Å². The Kier molecular flexibility index (Phi) is 6.31. The van der Waals surface area contributed by atoms with Gasteiger partial charge in [-0.15, -0.1) is 0 Å². The van der Waals surface area contributed by atoms with Gasteiger partial charge in [-0.3, -0.25) is 14.4 Å². The summed E-state index contributed by atoms with van der Waals surface area (Å²) < 4.78 is 11.4. The van der Waals surface area contributed by atoms with Gasteiger partial charge in [-0.25, -0.2) is 4.68 Å². The van der Waals surface area contributed by atoms with Gasteiger partial charge in [0, 0.05) is 18.2 Å². The van der Waals surface area contributed by atoms with Crippen molar-refractivity contribution in [1.82, 2.24) is 15.1 Å². The molecule has 9 heteroatoms. The van der Waals surface area contributed by atoms with E-state index in [-0.39, 0.29) is 19.5 Å². The van der Waals surface area contributed by atoms with Crippen LogP contribution in [0.2, 0.25) is 0 Å². The number of nitrogens with one attached hydrogen (secondary N) is 1. The number of aliphatic carboxylic acids is 1. The molecule has 0 fully saturated rings. The van der Waals surface area contributed by atoms with Crippen molar-refractivity contribution >= 4 is 11.9 Å². The van der Waals surface area contributed by atoms with Crippen LogP contribution >= 0.6 is 0 Å². The molecule has 2 aromatic rings. The summed E-state index contributed by atoms with van der Waals surface area (Å²) in [7, 11) is 3.04. The van der Waals surface area contributed by atoms with E-state index in [2.05, 4.69) is 10.4 Å². The molecule has 0 saturated heterocycles. The van der Waals surface area contributed by atoms with Crippen LogP contribution in [0.25, 0.3) is 11.3 Å². The zero-order valence-electron chi connectivity index (χ0n) is 14.4. The summed E-state index contributed by atoms with van der Waals surface area (Å²) in [5.41, 5.74) is 0.717. The number of hydrogen-bond donors (Lipinski definition) is 2. The average molecular weight is 361 g/mol. The maximum Gasteiger partial charge on any atom is 0.305 e. The van der Waals surface area contributed by atoms with Crippen molar-refractivity contribution in [3.63, 3.8) is 0 Å². The minimum Gasteiger partial charge on any atom is -0.493 e. The summed E-state index contributed by atoms with van der Waals surface area (Å²) in [6, 6.07) is 8.03. The fourth-order valence-corrected chi connectivity index (χ4v) is 2.21. The molecule has 1 aromatic heterocycles. The van der Waals surface area contributed by atoms with Crippen LogP contribution in [0.4, 0.5) is 0 Å². The second-order valence-corrected chi connectivity index (χ2v) is 5.28. The molecule has 0 radical (unpaired) electrons. The average Bonchev–Trinajstić information content (AvgIpc) is 2.62. The lowest BCUT2D eigenvalue weighted by Crippen LogP contribution is -2.34. The predicted molar refractivity (Wildman–Crippen MR) is 92.3 cm³/mol. The van der Waals surface area contributed by atoms with E-state index in [1.54, 1.807) is 24.3 Å². The molecule has 0 spiro atoms. The summed E-state index contributed by atoms with van der Waals surface area (Å²) in [4.78, 5) is 34.2. The standard InChI is InChI=1S/C17H19N3O6/c1-25-13-5-3-11(9-14(13)26-2)12-4-6-16(22)20(19-12)10-15(21)18-8-7-17(23)24/h3-6,9H,7-8,10H2,1-2H3,(H,18,21)(H,23,24). The first-order chi connectivity index (χ1) is 12.4. The molecule has 1 aromatic carbocycles. The van der Waals surface area contributed by atoms with Gasteiger partial charge in [0.25, 0.3) is 5.56 Å². The van der Waals surface area contributed by atoms with E-state index in [1.165, 1.54) is 20.3 Å². The third-order valence-electron chi connectivity index (χ3n) is 3.50. The fourth-order valence-electron chi connectivity index (χ4n) is 2.21. The van der Waals surface area contributed by atoms with Crippen LogP contribution < -0.4 is 20.3 Å². The smallest absolute Gasteiger partial charge is 0.305 e. The van der Waals surface area contributed by atoms with E-state index in [4.69, 9.17) is 14.6 Å². The number of ether oxygens (including phenoxy) is 2. The molecule has 0 bridgehead atoms. The number of aromatic nitrogens is 2. The molecule has 0 aliphatic heterocycles. The zero-order valence-corrected chi connectivity index (χ0v) is 14.4. The highest BCUT2D eigenvalue weighted by molar-refractivity contribution is 5.76. The number of methoxy groups -OCH3 is 2. The number of carbonyl (C=O) groups excluding carboxylic acids is 1. The molecule has 9 nitrogen and oxygen atoms in total. The summed E-state index contributed by atoms with van der Waals surface area (Å²) >= 11 is 0. The summed E-state index contributed by atoms with van der Waals surface area (Å²) in [5.74, 6) is -0.445. The molecule has 0 atom stereocenters. The van der Waals surface area contributed by atoms with Crippen molar-refractivity contribution in [2.45, 2.75) is 13.0 Å². The molecule has 1 heterocycles. The van der Waals surface area contributed by atoms with E-state index in [0.29, 0.717) is 22.8 Å². The number of hydrogen-bond acceptors (Lipinski definition) is 6. The highest BCUT2D eigenvalue weighted by Gasteiger charge is 2.11. The van der Waals surface area contributed by atoms with Crippen LogP contribution in [0.3, 0.4) is 0 Å². The number of carbonyl (C=O) groups is 2. The van der Waals surface area contributed by atoms with Gasteiger partial charge in [0.2, 0.25) is 5.91 Å². The SMILES string of the molecule is COc1ccc(-c2ccc(=O)n(CC(=O)NCCC(=O)O)n2)cc1OC. The van der Waals surface area contributed by atoms with Gasteiger partial charge < -0.3 is 19.9 Å². The molecule has 0 unspecified atom stereocenters. The topological polar surface area (TPSA) is 120 Å². The number of nitrogens with zero attached hydrogens (tertiary/aromatic N) is 2. The van der Waals surface area contributed by atoms with E-state index in [0.717, 1.165) is 4.68 Å². The molecular weight excluding hydrogens is 342 g/mol. The van der Waals surface area contributed by atoms with E-state index >= 15 is 0 Å². The van der Waals surface area contributed by atoms with Gasteiger partial charge in [-0.05, 0) is 24.3 Å². The van der Waals surface area contributed by atoms with E-state index in [1.807, 2.05) is 0 Å². The van der Waals surface area contributed by atoms with Gasteiger partial charge in [0.05, 0.1) is 26.3 Å². The molecule has 2 rings (SSSR count). The number of amides is 1. The van der Waals surface area contributed by atoms with Crippen molar-refractivity contribution in [2.75, 3.05) is 20.8 Å². The fraction of sp³-hybridized carbons (Fsp3) is 0.294. The van der Waals surface area contributed by atoms with Crippen LogP contribution in [0.5, 0.6) is 11.5 Å². The summed E-state index contributed by atoms with van der Waals surface area (Å²) in [6.07, 6.45) is -0.195. The first-order valence-corrected chi connectivity index (χ1v) is 7.73. The van der Waals surface area contributed by atoms with E-state index < -0.39 is 17.4 Å². The van der Waals surface area contributed by atoms with Crippen LogP contribution in [0.1, 0.15) is 6.42 Å². The molecule has 0 aliphatic rings. The van der Waals surface area contributed by atoms with Crippen molar-refractivity contribution in [3.8, 4) is 22.8 Å². The molecule has 1 amide bonds. The molecule has 0 aliphatic carbocycles. The second-order valence-electron chi connectivity index (χ2n) is 5.28. The highest BCUT2D eigenvalue weighted by atomic mass is 16.5. The van der Waals surface area contributed by atoms with Crippen molar-refractivity contribution in [3.05, 3.63) is 40.7 Å². The largest absolute Gasteiger partial charge is 0.493 e. The first-order valence-electron chi connectivity index (χ1n) is 7.73. The Balaban J connectivity index is 2.20. The Morgan fingerprint density at radius 2 is 1.88 bits per heavy atom. The second kappa shape index (κ2) is 8.65. The Morgan fingerprint density at radius 1 is 1.15 bits per heavy atom. The molecule has 26 heavy (non-hydrogen) atoms. The van der Waals surface area contributed by atoms with Gasteiger partial charge in [0.15, 0.2) is 11.5 Å². The van der Waals surface area contributed by atoms with Gasteiger partial charge in [0.1, 0.15) is 6.54 Å². The molecule has 0 saturated carbocycles. The van der Waals surface area contributed by atoms with Crippen molar-refractivity contribution < 1.29 is 24.2 Å². The maximum atomic E-state index is 11.9. The lowest BCUT2D eigenvalue weighted by Gasteiger charge is -2.10. The lowest BCUT2D eigenvalue weighted by atomic mass is 10.1. The van der Waals surface area contributed by atoms with Gasteiger partial charge >= 0.3 is 5.97 Å². The molecule has 138 valence electrons. The minimum atomic E-state index is -1.02. The van der Waals surface area contributed by atoms with Crippen molar-refractivity contribution in [1.29, 1.82) is 0 Å². The summed E-state index contributed by atoms with van der Waals surface area (Å²) in [5, 5.41) is 15.2. The first kappa shape index (κ1) is 19.0. The van der Waals surface area contributed by atoms with Crippen LogP contribution in [-0.2, 0) is 16.1 Å². The normalized spacial score (nSPS) is 10.2. The Bertz CT molecular complexity index is 862. The van der Waals surface area contributed by atoms with E-state index in [9.17, 15) is 14.4 Å². The lowest BCUT2D eigenvalue weighted by molar-refractivity contribution is -0.136. The van der Waals surface area contributed by atoms with Crippen LogP contribution in [0, 0.1) is 0 Å². The Hall–Kier alpha value is -3.36. The highest BCUT2D eigenvalue weighted by Crippen LogP contribution is 2.31. The Labute approximate surface area is 149 Å². The van der Waals surface area contributed by atoms with Gasteiger partial charge in [-0.1, -0.05) is 0 Å². The number of benzene rings is 1. The maximum absolute atomic E-state index is 11.9. The predicted octanol–water partition coefficient (Wildman–Crippen LogP) is 0.518. The van der Waals surface area contributed by atoms with Crippen LogP contribution in [-0.4, -0.2) is 47.5 Å². The zero-order chi connectivity index (χ0) is 19.1. The summed E-state index contributed by atoms with van der Waals surface area (Å²) in [6.45, 7) is -0.322. The molecular formula is C17H19N3O6. The monoisotopic (exact) mass is 361 g/mol. The third-order valence-corrected chi connectivity index (χ3v) is 3.50. The van der Waals surface area contributed by atoms with Crippen molar-refractivity contribution in [2.24, 2.45) is 0 Å². The molecule has 2 N–H and O–H groups in total. The third kappa shape index (κ3) is 4.82. The Morgan fingerprint density at radius 3 is 2.54 bits per heavy atom. The van der Waals surface area contributed by atoms with Crippen LogP contribution in [0.15, 0.2) is 35.1 Å². The minimum absolute atomic E-state index is 0.0156. The number of carboxylic acid groups (broad SMARTS) is 1. The number of carboxylic acids is 1. The number of rotatable bonds is 8.